The average Bonchev–Trinajstić information content (AvgIpc) is 2.72. The van der Waals surface area contributed by atoms with Crippen LogP contribution in [0.3, 0.4) is 0 Å². The second kappa shape index (κ2) is 8.80. The maximum atomic E-state index is 13.3. The van der Waals surface area contributed by atoms with Crippen LogP contribution in [0.2, 0.25) is 5.02 Å². The van der Waals surface area contributed by atoms with Crippen LogP contribution < -0.4 is 15.4 Å². The van der Waals surface area contributed by atoms with E-state index in [0.717, 1.165) is 4.68 Å². The first-order chi connectivity index (χ1) is 14.5. The number of aliphatic hydroxyl groups excluding tert-OH is 1. The SMILES string of the molecule is CC(C)(CO)COc1c(-c2ccc(S(N)(=O)=O)cc2)cnn(-c2cccc(Cl)c2)c1=O. The first kappa shape index (κ1) is 23.0. The van der Waals surface area contributed by atoms with E-state index in [1.807, 2.05) is 0 Å². The number of hydrogen-bond acceptors (Lipinski definition) is 6. The Hall–Kier alpha value is -2.72. The van der Waals surface area contributed by atoms with Crippen molar-refractivity contribution in [3.8, 4) is 22.6 Å². The number of ether oxygens (including phenoxy) is 1. The lowest BCUT2D eigenvalue weighted by molar-refractivity contribution is 0.0968. The van der Waals surface area contributed by atoms with E-state index in [2.05, 4.69) is 5.10 Å². The Morgan fingerprint density at radius 2 is 1.87 bits per heavy atom. The summed E-state index contributed by atoms with van der Waals surface area (Å²) < 4.78 is 30.1. The molecule has 2 aromatic carbocycles. The van der Waals surface area contributed by atoms with Gasteiger partial charge >= 0.3 is 5.56 Å². The highest BCUT2D eigenvalue weighted by molar-refractivity contribution is 7.89. The molecule has 0 radical (unpaired) electrons. The molecule has 1 heterocycles. The summed E-state index contributed by atoms with van der Waals surface area (Å²) in [5, 5.41) is 19.4. The molecule has 0 bridgehead atoms. The molecule has 0 aliphatic rings. The highest BCUT2D eigenvalue weighted by Crippen LogP contribution is 2.29. The third-order valence-electron chi connectivity index (χ3n) is 4.52. The van der Waals surface area contributed by atoms with Crippen LogP contribution >= 0.6 is 11.6 Å². The highest BCUT2D eigenvalue weighted by atomic mass is 35.5. The summed E-state index contributed by atoms with van der Waals surface area (Å²) in [4.78, 5) is 13.2. The first-order valence-corrected chi connectivity index (χ1v) is 11.2. The maximum Gasteiger partial charge on any atom is 0.314 e. The number of benzene rings is 2. The number of aromatic nitrogens is 2. The van der Waals surface area contributed by atoms with Gasteiger partial charge in [0.2, 0.25) is 10.0 Å². The molecule has 0 saturated carbocycles. The van der Waals surface area contributed by atoms with Crippen molar-refractivity contribution in [2.45, 2.75) is 18.7 Å². The summed E-state index contributed by atoms with van der Waals surface area (Å²) in [6.45, 7) is 3.52. The molecular weight excluding hydrogens is 442 g/mol. The Bertz CT molecular complexity index is 1250. The Balaban J connectivity index is 2.14. The number of nitrogens with zero attached hydrogens (tertiary/aromatic N) is 2. The Morgan fingerprint density at radius 3 is 2.45 bits per heavy atom. The van der Waals surface area contributed by atoms with Crippen LogP contribution in [0, 0.1) is 5.41 Å². The minimum Gasteiger partial charge on any atom is -0.487 e. The minimum atomic E-state index is -3.85. The monoisotopic (exact) mass is 463 g/mol. The molecule has 0 spiro atoms. The number of hydrogen-bond donors (Lipinski definition) is 2. The summed E-state index contributed by atoms with van der Waals surface area (Å²) >= 11 is 6.04. The third-order valence-corrected chi connectivity index (χ3v) is 5.68. The lowest BCUT2D eigenvalue weighted by Gasteiger charge is -2.22. The predicted molar refractivity (Wildman–Crippen MR) is 118 cm³/mol. The van der Waals surface area contributed by atoms with Crippen LogP contribution in [0.4, 0.5) is 0 Å². The lowest BCUT2D eigenvalue weighted by Crippen LogP contribution is -2.29. The van der Waals surface area contributed by atoms with Gasteiger partial charge in [0.05, 0.1) is 30.0 Å². The van der Waals surface area contributed by atoms with Gasteiger partial charge in [-0.15, -0.1) is 0 Å². The van der Waals surface area contributed by atoms with E-state index < -0.39 is 21.0 Å². The average molecular weight is 464 g/mol. The zero-order valence-corrected chi connectivity index (χ0v) is 18.5. The number of sulfonamides is 1. The molecule has 0 aliphatic heterocycles. The number of nitrogens with two attached hydrogens (primary N) is 1. The maximum absolute atomic E-state index is 13.3. The number of halogens is 1. The van der Waals surface area contributed by atoms with Gasteiger partial charge in [-0.25, -0.2) is 13.6 Å². The van der Waals surface area contributed by atoms with E-state index in [-0.39, 0.29) is 23.9 Å². The van der Waals surface area contributed by atoms with Crippen molar-refractivity contribution in [1.29, 1.82) is 0 Å². The van der Waals surface area contributed by atoms with Gasteiger partial charge in [0.25, 0.3) is 0 Å². The van der Waals surface area contributed by atoms with Crippen LogP contribution in [0.5, 0.6) is 5.75 Å². The standard InChI is InChI=1S/C21H22ClN3O5S/c1-21(2,12-26)13-30-19-18(14-6-8-17(9-7-14)31(23,28)29)11-24-25(20(19)27)16-5-3-4-15(22)10-16/h3-11,26H,12-13H2,1-2H3,(H2,23,28,29). The first-order valence-electron chi connectivity index (χ1n) is 9.27. The third kappa shape index (κ3) is 5.31. The van der Waals surface area contributed by atoms with Gasteiger partial charge in [0, 0.05) is 16.0 Å². The molecule has 10 heteroatoms. The summed E-state index contributed by atoms with van der Waals surface area (Å²) in [5.41, 5.74) is 0.236. The van der Waals surface area contributed by atoms with E-state index in [4.69, 9.17) is 21.5 Å². The van der Waals surface area contributed by atoms with Crippen LogP contribution in [0.1, 0.15) is 13.8 Å². The van der Waals surface area contributed by atoms with Crippen LogP contribution in [-0.2, 0) is 10.0 Å². The van der Waals surface area contributed by atoms with Crippen molar-refractivity contribution in [2.75, 3.05) is 13.2 Å². The van der Waals surface area contributed by atoms with Gasteiger partial charge in [-0.2, -0.15) is 9.78 Å². The fourth-order valence-corrected chi connectivity index (χ4v) is 3.41. The van der Waals surface area contributed by atoms with E-state index in [9.17, 15) is 18.3 Å². The Morgan fingerprint density at radius 1 is 1.19 bits per heavy atom. The number of primary sulfonamides is 1. The molecule has 3 N–H and O–H groups in total. The van der Waals surface area contributed by atoms with Gasteiger partial charge in [-0.1, -0.05) is 43.6 Å². The fraction of sp³-hybridized carbons (Fsp3) is 0.238. The molecule has 31 heavy (non-hydrogen) atoms. The summed E-state index contributed by atoms with van der Waals surface area (Å²) in [6, 6.07) is 12.4. The van der Waals surface area contributed by atoms with E-state index in [1.165, 1.54) is 30.5 Å². The van der Waals surface area contributed by atoms with Gasteiger partial charge in [0.1, 0.15) is 0 Å². The molecule has 3 aromatic rings. The molecule has 3 rings (SSSR count). The molecule has 0 aliphatic carbocycles. The van der Waals surface area contributed by atoms with Gasteiger partial charge in [0.15, 0.2) is 5.75 Å². The largest absolute Gasteiger partial charge is 0.487 e. The molecule has 0 amide bonds. The molecule has 164 valence electrons. The highest BCUT2D eigenvalue weighted by Gasteiger charge is 2.22. The second-order valence-electron chi connectivity index (χ2n) is 7.76. The van der Waals surface area contributed by atoms with E-state index in [0.29, 0.717) is 21.8 Å². The second-order valence-corrected chi connectivity index (χ2v) is 9.76. The Kier molecular flexibility index (Phi) is 6.51. The van der Waals surface area contributed by atoms with E-state index in [1.54, 1.807) is 38.1 Å². The van der Waals surface area contributed by atoms with Crippen LogP contribution in [-0.4, -0.2) is 36.5 Å². The number of rotatable bonds is 7. The predicted octanol–water partition coefficient (Wildman–Crippen LogP) is 2.60. The number of aliphatic hydroxyl groups is 1. The smallest absolute Gasteiger partial charge is 0.314 e. The topological polar surface area (TPSA) is 125 Å². The molecule has 0 saturated heterocycles. The van der Waals surface area contributed by atoms with Crippen molar-refractivity contribution in [1.82, 2.24) is 9.78 Å². The quantitative estimate of drug-likeness (QED) is 0.554. The zero-order chi connectivity index (χ0) is 22.8. The van der Waals surface area contributed by atoms with Crippen molar-refractivity contribution in [3.63, 3.8) is 0 Å². The summed E-state index contributed by atoms with van der Waals surface area (Å²) in [7, 11) is -3.85. The fourth-order valence-electron chi connectivity index (χ4n) is 2.71. The molecule has 0 unspecified atom stereocenters. The van der Waals surface area contributed by atoms with Crippen LogP contribution in [0.15, 0.2) is 64.4 Å². The minimum absolute atomic E-state index is 0.0138. The zero-order valence-electron chi connectivity index (χ0n) is 16.9. The van der Waals surface area contributed by atoms with Gasteiger partial charge in [-0.3, -0.25) is 4.79 Å². The normalized spacial score (nSPS) is 12.0. The van der Waals surface area contributed by atoms with Crippen molar-refractivity contribution in [3.05, 3.63) is 70.1 Å². The molecule has 1 aromatic heterocycles. The summed E-state index contributed by atoms with van der Waals surface area (Å²) in [5.74, 6) is 0.0138. The van der Waals surface area contributed by atoms with Gasteiger partial charge < -0.3 is 9.84 Å². The van der Waals surface area contributed by atoms with E-state index >= 15 is 0 Å². The molecule has 0 fully saturated rings. The summed E-state index contributed by atoms with van der Waals surface area (Å²) in [6.07, 6.45) is 1.45. The lowest BCUT2D eigenvalue weighted by atomic mass is 9.96. The molecule has 0 atom stereocenters. The van der Waals surface area contributed by atoms with Crippen molar-refractivity contribution >= 4 is 21.6 Å². The Labute approximate surface area is 184 Å². The van der Waals surface area contributed by atoms with Crippen molar-refractivity contribution in [2.24, 2.45) is 10.6 Å². The van der Waals surface area contributed by atoms with Crippen LogP contribution in [0.25, 0.3) is 16.8 Å². The van der Waals surface area contributed by atoms with Crippen molar-refractivity contribution < 1.29 is 18.3 Å². The molecular formula is C21H22ClN3O5S. The van der Waals surface area contributed by atoms with Gasteiger partial charge in [-0.05, 0) is 35.9 Å². The molecule has 8 nitrogen and oxygen atoms in total.